The topological polar surface area (TPSA) is 39.2 Å². The second kappa shape index (κ2) is 7.80. The Bertz CT molecular complexity index is 1220. The first-order valence-electron chi connectivity index (χ1n) is 8.86. The number of halogens is 4. The zero-order valence-corrected chi connectivity index (χ0v) is 16.0. The third-order valence-corrected chi connectivity index (χ3v) is 4.73. The summed E-state index contributed by atoms with van der Waals surface area (Å²) in [4.78, 5) is 17.0. The van der Waals surface area contributed by atoms with Crippen LogP contribution in [0.15, 0.2) is 78.9 Å². The highest BCUT2D eigenvalue weighted by Crippen LogP contribution is 2.32. The number of pyridine rings is 1. The second-order valence-electron chi connectivity index (χ2n) is 6.50. The summed E-state index contributed by atoms with van der Waals surface area (Å²) in [5, 5.41) is 1.23. The summed E-state index contributed by atoms with van der Waals surface area (Å²) in [5.41, 5.74) is 1.01. The fourth-order valence-corrected chi connectivity index (χ4v) is 3.06. The van der Waals surface area contributed by atoms with Gasteiger partial charge in [-0.2, -0.15) is 13.2 Å². The zero-order valence-electron chi connectivity index (χ0n) is 15.3. The van der Waals surface area contributed by atoms with Crippen molar-refractivity contribution in [2.24, 2.45) is 0 Å². The first kappa shape index (κ1) is 19.9. The van der Waals surface area contributed by atoms with Crippen LogP contribution in [-0.2, 0) is 6.18 Å². The predicted molar refractivity (Wildman–Crippen MR) is 109 cm³/mol. The molecule has 0 aliphatic heterocycles. The number of esters is 1. The van der Waals surface area contributed by atoms with E-state index in [1.807, 2.05) is 0 Å². The maximum atomic E-state index is 12.8. The van der Waals surface area contributed by atoms with Gasteiger partial charge in [-0.1, -0.05) is 41.9 Å². The molecule has 0 atom stereocenters. The average molecular weight is 428 g/mol. The molecule has 0 aliphatic carbocycles. The number of hydrogen-bond donors (Lipinski definition) is 0. The van der Waals surface area contributed by atoms with Crippen molar-refractivity contribution >= 4 is 28.5 Å². The summed E-state index contributed by atoms with van der Waals surface area (Å²) in [5.74, 6) is -0.317. The Kier molecular flexibility index (Phi) is 5.18. The molecular weight excluding hydrogens is 415 g/mol. The van der Waals surface area contributed by atoms with Crippen molar-refractivity contribution in [3.8, 4) is 17.0 Å². The van der Waals surface area contributed by atoms with E-state index in [4.69, 9.17) is 16.3 Å². The van der Waals surface area contributed by atoms with Gasteiger partial charge in [-0.05, 0) is 48.5 Å². The molecule has 4 rings (SSSR count). The first-order valence-corrected chi connectivity index (χ1v) is 9.24. The molecule has 0 fully saturated rings. The Hall–Kier alpha value is -3.38. The van der Waals surface area contributed by atoms with Crippen LogP contribution in [0.2, 0.25) is 5.02 Å². The standard InChI is InChI=1S/C23H13ClF3NO2/c24-18-11-6-16(7-12-18)22(29)30-20-3-1-2-15-8-13-19(28-21(15)20)14-4-9-17(10-5-14)23(25,26)27/h1-13H. The van der Waals surface area contributed by atoms with E-state index in [0.717, 1.165) is 17.5 Å². The lowest BCUT2D eigenvalue weighted by atomic mass is 10.1. The third-order valence-electron chi connectivity index (χ3n) is 4.47. The Balaban J connectivity index is 1.68. The van der Waals surface area contributed by atoms with Gasteiger partial charge in [0.25, 0.3) is 0 Å². The normalized spacial score (nSPS) is 11.5. The van der Waals surface area contributed by atoms with Gasteiger partial charge in [0, 0.05) is 16.0 Å². The molecule has 0 amide bonds. The van der Waals surface area contributed by atoms with Crippen molar-refractivity contribution in [1.82, 2.24) is 4.98 Å². The molecule has 3 aromatic carbocycles. The van der Waals surface area contributed by atoms with Crippen LogP contribution in [0.1, 0.15) is 15.9 Å². The maximum Gasteiger partial charge on any atom is 0.416 e. The number of para-hydroxylation sites is 1. The van der Waals surface area contributed by atoms with Crippen LogP contribution < -0.4 is 4.74 Å². The van der Waals surface area contributed by atoms with Crippen molar-refractivity contribution < 1.29 is 22.7 Å². The predicted octanol–water partition coefficient (Wildman–Crippen LogP) is 6.79. The summed E-state index contributed by atoms with van der Waals surface area (Å²) < 4.78 is 43.9. The smallest absolute Gasteiger partial charge is 0.416 e. The highest BCUT2D eigenvalue weighted by molar-refractivity contribution is 6.30. The summed E-state index contributed by atoms with van der Waals surface area (Å²) in [6, 6.07) is 19.6. The van der Waals surface area contributed by atoms with Gasteiger partial charge in [-0.25, -0.2) is 9.78 Å². The molecule has 1 heterocycles. The molecule has 0 aliphatic rings. The minimum Gasteiger partial charge on any atom is -0.421 e. The lowest BCUT2D eigenvalue weighted by molar-refractivity contribution is -0.137. The number of ether oxygens (including phenoxy) is 1. The van der Waals surface area contributed by atoms with Gasteiger partial charge >= 0.3 is 12.1 Å². The summed E-state index contributed by atoms with van der Waals surface area (Å²) in [7, 11) is 0. The van der Waals surface area contributed by atoms with E-state index in [1.165, 1.54) is 12.1 Å². The lowest BCUT2D eigenvalue weighted by Crippen LogP contribution is -2.08. The van der Waals surface area contributed by atoms with Crippen LogP contribution in [0, 0.1) is 0 Å². The number of carbonyl (C=O) groups is 1. The van der Waals surface area contributed by atoms with Crippen molar-refractivity contribution in [1.29, 1.82) is 0 Å². The Morgan fingerprint density at radius 3 is 2.23 bits per heavy atom. The van der Waals surface area contributed by atoms with Crippen LogP contribution in [0.3, 0.4) is 0 Å². The quantitative estimate of drug-likeness (QED) is 0.267. The average Bonchev–Trinajstić information content (AvgIpc) is 2.73. The number of fused-ring (bicyclic) bond motifs is 1. The van der Waals surface area contributed by atoms with Crippen LogP contribution in [0.4, 0.5) is 13.2 Å². The minimum absolute atomic E-state index is 0.251. The Morgan fingerprint density at radius 1 is 0.867 bits per heavy atom. The van der Waals surface area contributed by atoms with Gasteiger partial charge in [0.1, 0.15) is 5.52 Å². The molecule has 30 heavy (non-hydrogen) atoms. The van der Waals surface area contributed by atoms with Crippen molar-refractivity contribution in [3.05, 3.63) is 95.0 Å². The number of carbonyl (C=O) groups excluding carboxylic acids is 1. The molecular formula is C23H13ClF3NO2. The van der Waals surface area contributed by atoms with Gasteiger partial charge in [-0.15, -0.1) is 0 Å². The van der Waals surface area contributed by atoms with Gasteiger partial charge < -0.3 is 4.74 Å². The SMILES string of the molecule is O=C(Oc1cccc2ccc(-c3ccc(C(F)(F)F)cc3)nc12)c1ccc(Cl)cc1. The Labute approximate surface area is 174 Å². The van der Waals surface area contributed by atoms with E-state index < -0.39 is 17.7 Å². The highest BCUT2D eigenvalue weighted by atomic mass is 35.5. The number of rotatable bonds is 3. The molecule has 0 saturated carbocycles. The molecule has 3 nitrogen and oxygen atoms in total. The van der Waals surface area contributed by atoms with E-state index in [2.05, 4.69) is 4.98 Å². The van der Waals surface area contributed by atoms with E-state index in [1.54, 1.807) is 54.6 Å². The van der Waals surface area contributed by atoms with Crippen LogP contribution in [-0.4, -0.2) is 11.0 Å². The molecule has 4 aromatic rings. The van der Waals surface area contributed by atoms with Crippen molar-refractivity contribution in [2.45, 2.75) is 6.18 Å². The van der Waals surface area contributed by atoms with Crippen LogP contribution in [0.5, 0.6) is 5.75 Å². The van der Waals surface area contributed by atoms with Crippen molar-refractivity contribution in [3.63, 3.8) is 0 Å². The summed E-state index contributed by atoms with van der Waals surface area (Å²) >= 11 is 5.84. The van der Waals surface area contributed by atoms with Crippen LogP contribution in [0.25, 0.3) is 22.2 Å². The summed E-state index contributed by atoms with van der Waals surface area (Å²) in [6.45, 7) is 0. The number of alkyl halides is 3. The van der Waals surface area contributed by atoms with Crippen molar-refractivity contribution in [2.75, 3.05) is 0 Å². The molecule has 1 aromatic heterocycles. The van der Waals surface area contributed by atoms with Gasteiger partial charge in [-0.3, -0.25) is 0 Å². The van der Waals surface area contributed by atoms with E-state index in [9.17, 15) is 18.0 Å². The van der Waals surface area contributed by atoms with E-state index in [0.29, 0.717) is 27.4 Å². The van der Waals surface area contributed by atoms with E-state index in [-0.39, 0.29) is 5.75 Å². The maximum absolute atomic E-state index is 12.8. The first-order chi connectivity index (χ1) is 14.3. The van der Waals surface area contributed by atoms with Gasteiger partial charge in [0.05, 0.1) is 16.8 Å². The molecule has 0 bridgehead atoms. The molecule has 0 spiro atoms. The molecule has 0 N–H and O–H groups in total. The number of nitrogens with zero attached hydrogens (tertiary/aromatic N) is 1. The van der Waals surface area contributed by atoms with E-state index >= 15 is 0 Å². The second-order valence-corrected chi connectivity index (χ2v) is 6.93. The molecule has 7 heteroatoms. The lowest BCUT2D eigenvalue weighted by Gasteiger charge is -2.10. The number of benzene rings is 3. The van der Waals surface area contributed by atoms with Gasteiger partial charge in [0.15, 0.2) is 5.75 Å². The van der Waals surface area contributed by atoms with Crippen LogP contribution >= 0.6 is 11.6 Å². The fourth-order valence-electron chi connectivity index (χ4n) is 2.94. The molecule has 0 saturated heterocycles. The zero-order chi connectivity index (χ0) is 21.3. The molecule has 150 valence electrons. The third kappa shape index (κ3) is 4.14. The van der Waals surface area contributed by atoms with Gasteiger partial charge in [0.2, 0.25) is 0 Å². The number of hydrogen-bond acceptors (Lipinski definition) is 3. The molecule has 0 radical (unpaired) electrons. The fraction of sp³-hybridized carbons (Fsp3) is 0.0435. The monoisotopic (exact) mass is 427 g/mol. The Morgan fingerprint density at radius 2 is 1.57 bits per heavy atom. The molecule has 0 unspecified atom stereocenters. The largest absolute Gasteiger partial charge is 0.421 e. The number of aromatic nitrogens is 1. The highest BCUT2D eigenvalue weighted by Gasteiger charge is 2.30. The summed E-state index contributed by atoms with van der Waals surface area (Å²) in [6.07, 6.45) is -4.40. The minimum atomic E-state index is -4.40.